The minimum absolute atomic E-state index is 0.588. The average molecular weight is 704 g/mol. The summed E-state index contributed by atoms with van der Waals surface area (Å²) >= 11 is 0. The van der Waals surface area contributed by atoms with Gasteiger partial charge < -0.3 is 4.42 Å². The predicted molar refractivity (Wildman–Crippen MR) is 225 cm³/mol. The Morgan fingerprint density at radius 1 is 0.273 bits per heavy atom. The SMILES string of the molecule is c1ccc(-c2cccc(-c3nc(-c4ccccc4)nc(-c4cccc5oc6ccc(-c7ccccc7-c7ccccc7-c7ccccc7)cc6c45)n3)c2)cc1. The predicted octanol–water partition coefficient (Wildman–Crippen LogP) is 13.4. The molecule has 0 atom stereocenters. The molecule has 0 saturated carbocycles. The fourth-order valence-electron chi connectivity index (χ4n) is 7.55. The van der Waals surface area contributed by atoms with E-state index in [1.807, 2.05) is 48.5 Å². The van der Waals surface area contributed by atoms with E-state index in [0.717, 1.165) is 60.9 Å². The van der Waals surface area contributed by atoms with Crippen LogP contribution in [0.25, 0.3) is 101 Å². The molecular formula is C51H33N3O. The van der Waals surface area contributed by atoms with Crippen molar-refractivity contribution in [2.75, 3.05) is 0 Å². The van der Waals surface area contributed by atoms with Gasteiger partial charge in [-0.05, 0) is 68.8 Å². The van der Waals surface area contributed by atoms with Crippen LogP contribution in [0.5, 0.6) is 0 Å². The smallest absolute Gasteiger partial charge is 0.164 e. The molecule has 0 aliphatic carbocycles. The van der Waals surface area contributed by atoms with E-state index in [2.05, 4.69) is 152 Å². The highest BCUT2D eigenvalue weighted by atomic mass is 16.3. The van der Waals surface area contributed by atoms with Crippen molar-refractivity contribution in [3.05, 3.63) is 200 Å². The van der Waals surface area contributed by atoms with Gasteiger partial charge in [0.05, 0.1) is 0 Å². The van der Waals surface area contributed by atoms with Crippen molar-refractivity contribution in [3.8, 4) is 78.7 Å². The highest BCUT2D eigenvalue weighted by Gasteiger charge is 2.20. The molecule has 4 heteroatoms. The van der Waals surface area contributed by atoms with Crippen LogP contribution in [0.4, 0.5) is 0 Å². The summed E-state index contributed by atoms with van der Waals surface area (Å²) in [7, 11) is 0. The molecular weight excluding hydrogens is 671 g/mol. The van der Waals surface area contributed by atoms with Crippen molar-refractivity contribution in [3.63, 3.8) is 0 Å². The maximum atomic E-state index is 6.52. The fraction of sp³-hybridized carbons (Fsp3) is 0. The van der Waals surface area contributed by atoms with Crippen LogP contribution >= 0.6 is 0 Å². The van der Waals surface area contributed by atoms with Crippen LogP contribution in [-0.2, 0) is 0 Å². The zero-order valence-corrected chi connectivity index (χ0v) is 29.8. The minimum atomic E-state index is 0.588. The van der Waals surface area contributed by atoms with Crippen molar-refractivity contribution in [1.82, 2.24) is 15.0 Å². The monoisotopic (exact) mass is 703 g/mol. The second-order valence-electron chi connectivity index (χ2n) is 13.6. The van der Waals surface area contributed by atoms with E-state index in [1.54, 1.807) is 0 Å². The van der Waals surface area contributed by atoms with E-state index in [9.17, 15) is 0 Å². The van der Waals surface area contributed by atoms with E-state index >= 15 is 0 Å². The number of aromatic nitrogens is 3. The molecule has 258 valence electrons. The Balaban J connectivity index is 1.15. The molecule has 10 aromatic rings. The van der Waals surface area contributed by atoms with Gasteiger partial charge in [-0.15, -0.1) is 0 Å². The Kier molecular flexibility index (Phi) is 8.12. The van der Waals surface area contributed by atoms with Crippen LogP contribution in [0.2, 0.25) is 0 Å². The third kappa shape index (κ3) is 6.06. The first-order chi connectivity index (χ1) is 27.3. The van der Waals surface area contributed by atoms with Gasteiger partial charge in [0.2, 0.25) is 0 Å². The second kappa shape index (κ2) is 13.8. The van der Waals surface area contributed by atoms with E-state index < -0.39 is 0 Å². The molecule has 0 bridgehead atoms. The van der Waals surface area contributed by atoms with Gasteiger partial charge in [0.15, 0.2) is 17.5 Å². The number of benzene rings is 8. The quantitative estimate of drug-likeness (QED) is 0.166. The molecule has 0 unspecified atom stereocenters. The van der Waals surface area contributed by atoms with Gasteiger partial charge in [-0.1, -0.05) is 176 Å². The lowest BCUT2D eigenvalue weighted by molar-refractivity contribution is 0.669. The summed E-state index contributed by atoms with van der Waals surface area (Å²) in [5.74, 6) is 1.81. The highest BCUT2D eigenvalue weighted by molar-refractivity contribution is 6.13. The molecule has 55 heavy (non-hydrogen) atoms. The first-order valence-electron chi connectivity index (χ1n) is 18.4. The Hall–Kier alpha value is -7.43. The standard InChI is InChI=1S/C51H33N3O/c1-4-16-34(17-5-1)37-22-14-23-39(32-37)50-52-49(36-20-8-3-9-21-36)53-51(54-50)44-28-15-29-47-48(44)45-33-38(30-31-46(45)55-47)41-25-11-13-27-43(41)42-26-12-10-24-40(42)35-18-6-2-7-19-35/h1-33H. The van der Waals surface area contributed by atoms with E-state index in [1.165, 1.54) is 22.3 Å². The zero-order valence-electron chi connectivity index (χ0n) is 29.8. The van der Waals surface area contributed by atoms with Crippen LogP contribution < -0.4 is 0 Å². The number of hydrogen-bond donors (Lipinski definition) is 0. The fourth-order valence-corrected chi connectivity index (χ4v) is 7.55. The molecule has 0 aliphatic rings. The number of nitrogens with zero attached hydrogens (tertiary/aromatic N) is 3. The average Bonchev–Trinajstić information content (AvgIpc) is 3.65. The van der Waals surface area contributed by atoms with Gasteiger partial charge in [-0.2, -0.15) is 0 Å². The van der Waals surface area contributed by atoms with Crippen LogP contribution in [0.3, 0.4) is 0 Å². The third-order valence-corrected chi connectivity index (χ3v) is 10.2. The third-order valence-electron chi connectivity index (χ3n) is 10.2. The Morgan fingerprint density at radius 3 is 1.45 bits per heavy atom. The summed E-state index contributed by atoms with van der Waals surface area (Å²) in [6, 6.07) is 69.3. The molecule has 0 spiro atoms. The summed E-state index contributed by atoms with van der Waals surface area (Å²) in [6.07, 6.45) is 0. The van der Waals surface area contributed by atoms with Crippen LogP contribution in [0, 0.1) is 0 Å². The first-order valence-corrected chi connectivity index (χ1v) is 18.4. The lowest BCUT2D eigenvalue weighted by Crippen LogP contribution is -2.00. The van der Waals surface area contributed by atoms with Crippen LogP contribution in [0.1, 0.15) is 0 Å². The zero-order chi connectivity index (χ0) is 36.6. The summed E-state index contributed by atoms with van der Waals surface area (Å²) in [4.78, 5) is 15.3. The maximum Gasteiger partial charge on any atom is 0.164 e. The lowest BCUT2D eigenvalue weighted by atomic mass is 9.89. The normalized spacial score (nSPS) is 11.3. The topological polar surface area (TPSA) is 51.8 Å². The molecule has 2 aromatic heterocycles. The van der Waals surface area contributed by atoms with Gasteiger partial charge in [0.25, 0.3) is 0 Å². The molecule has 0 aliphatic heterocycles. The molecule has 0 fully saturated rings. The van der Waals surface area contributed by atoms with Crippen molar-refractivity contribution >= 4 is 21.9 Å². The summed E-state index contributed by atoms with van der Waals surface area (Å²) in [5, 5.41) is 1.97. The number of rotatable bonds is 7. The van der Waals surface area contributed by atoms with Gasteiger partial charge in [0, 0.05) is 27.5 Å². The van der Waals surface area contributed by atoms with Gasteiger partial charge in [-0.25, -0.2) is 15.0 Å². The van der Waals surface area contributed by atoms with E-state index in [-0.39, 0.29) is 0 Å². The Morgan fingerprint density at radius 2 is 0.764 bits per heavy atom. The Labute approximate surface area is 319 Å². The van der Waals surface area contributed by atoms with E-state index in [0.29, 0.717) is 17.5 Å². The number of fused-ring (bicyclic) bond motifs is 3. The molecule has 0 N–H and O–H groups in total. The molecule has 0 radical (unpaired) electrons. The lowest BCUT2D eigenvalue weighted by Gasteiger charge is -2.15. The summed E-state index contributed by atoms with van der Waals surface area (Å²) in [6.45, 7) is 0. The summed E-state index contributed by atoms with van der Waals surface area (Å²) < 4.78 is 6.52. The van der Waals surface area contributed by atoms with Crippen molar-refractivity contribution in [2.45, 2.75) is 0 Å². The molecule has 0 amide bonds. The van der Waals surface area contributed by atoms with Gasteiger partial charge in [0.1, 0.15) is 11.2 Å². The van der Waals surface area contributed by atoms with E-state index in [4.69, 9.17) is 19.4 Å². The number of hydrogen-bond acceptors (Lipinski definition) is 4. The van der Waals surface area contributed by atoms with Crippen molar-refractivity contribution < 1.29 is 4.42 Å². The minimum Gasteiger partial charge on any atom is -0.456 e. The highest BCUT2D eigenvalue weighted by Crippen LogP contribution is 2.42. The molecule has 8 aromatic carbocycles. The van der Waals surface area contributed by atoms with Gasteiger partial charge >= 0.3 is 0 Å². The van der Waals surface area contributed by atoms with Crippen molar-refractivity contribution in [1.29, 1.82) is 0 Å². The molecule has 0 saturated heterocycles. The van der Waals surface area contributed by atoms with Crippen molar-refractivity contribution in [2.24, 2.45) is 0 Å². The Bertz CT molecular complexity index is 2970. The second-order valence-corrected chi connectivity index (χ2v) is 13.6. The first kappa shape index (κ1) is 32.2. The number of furan rings is 1. The molecule has 10 rings (SSSR count). The largest absolute Gasteiger partial charge is 0.456 e. The van der Waals surface area contributed by atoms with Crippen LogP contribution in [0.15, 0.2) is 205 Å². The van der Waals surface area contributed by atoms with Crippen LogP contribution in [-0.4, -0.2) is 15.0 Å². The molecule has 4 nitrogen and oxygen atoms in total. The maximum absolute atomic E-state index is 6.52. The summed E-state index contributed by atoms with van der Waals surface area (Å²) in [5.41, 5.74) is 13.5. The van der Waals surface area contributed by atoms with Gasteiger partial charge in [-0.3, -0.25) is 0 Å². The molecule has 2 heterocycles.